The average Bonchev–Trinajstić information content (AvgIpc) is 2.87. The van der Waals surface area contributed by atoms with Crippen LogP contribution in [-0.4, -0.2) is 9.97 Å². The van der Waals surface area contributed by atoms with Crippen LogP contribution < -0.4 is 0 Å². The van der Waals surface area contributed by atoms with Gasteiger partial charge in [-0.05, 0) is 17.4 Å². The fourth-order valence-corrected chi connectivity index (χ4v) is 2.88. The smallest absolute Gasteiger partial charge is 0.142 e. The lowest BCUT2D eigenvalue weighted by atomic mass is 10.1. The fraction of sp³-hybridized carbons (Fsp3) is 0.200. The van der Waals surface area contributed by atoms with Crippen molar-refractivity contribution in [2.24, 2.45) is 0 Å². The van der Waals surface area contributed by atoms with Gasteiger partial charge in [-0.2, -0.15) is 0 Å². The maximum Gasteiger partial charge on any atom is 0.142 e. The molecule has 0 N–H and O–H groups in total. The molecule has 1 aromatic carbocycles. The van der Waals surface area contributed by atoms with Crippen molar-refractivity contribution >= 4 is 22.1 Å². The second-order valence-corrected chi connectivity index (χ2v) is 5.67. The predicted octanol–water partition coefficient (Wildman–Crippen LogP) is 4.48. The molecular weight excluding hydrogens is 240 g/mol. The molecule has 0 saturated carbocycles. The van der Waals surface area contributed by atoms with Gasteiger partial charge in [-0.3, -0.25) is 4.98 Å². The van der Waals surface area contributed by atoms with E-state index in [1.54, 1.807) is 11.3 Å². The Labute approximate surface area is 110 Å². The van der Waals surface area contributed by atoms with Gasteiger partial charge in [0.05, 0.1) is 0 Å². The van der Waals surface area contributed by atoms with Crippen LogP contribution in [0.5, 0.6) is 0 Å². The predicted molar refractivity (Wildman–Crippen MR) is 76.9 cm³/mol. The number of fused-ring (bicyclic) bond motifs is 1. The van der Waals surface area contributed by atoms with Crippen molar-refractivity contribution in [2.45, 2.75) is 19.8 Å². The molecular formula is C15H14N2S. The van der Waals surface area contributed by atoms with Crippen molar-refractivity contribution in [1.29, 1.82) is 0 Å². The van der Waals surface area contributed by atoms with E-state index >= 15 is 0 Å². The molecule has 90 valence electrons. The first-order chi connectivity index (χ1) is 8.75. The Bertz CT molecular complexity index is 680. The summed E-state index contributed by atoms with van der Waals surface area (Å²) in [7, 11) is 0. The topological polar surface area (TPSA) is 25.8 Å². The molecule has 0 bridgehead atoms. The SMILES string of the molecule is CC(C)c1cnc(-c2nccc3ccccc23)s1. The van der Waals surface area contributed by atoms with E-state index in [1.165, 1.54) is 15.6 Å². The third kappa shape index (κ3) is 1.91. The lowest BCUT2D eigenvalue weighted by Crippen LogP contribution is -1.84. The van der Waals surface area contributed by atoms with E-state index in [-0.39, 0.29) is 0 Å². The van der Waals surface area contributed by atoms with Gasteiger partial charge in [-0.15, -0.1) is 11.3 Å². The molecule has 2 aromatic heterocycles. The molecule has 18 heavy (non-hydrogen) atoms. The number of benzene rings is 1. The molecule has 0 atom stereocenters. The van der Waals surface area contributed by atoms with Crippen molar-refractivity contribution in [1.82, 2.24) is 9.97 Å². The highest BCUT2D eigenvalue weighted by atomic mass is 32.1. The van der Waals surface area contributed by atoms with E-state index in [0.717, 1.165) is 10.7 Å². The fourth-order valence-electron chi connectivity index (χ4n) is 1.95. The van der Waals surface area contributed by atoms with Gasteiger partial charge in [0, 0.05) is 22.7 Å². The van der Waals surface area contributed by atoms with Gasteiger partial charge in [0.1, 0.15) is 10.7 Å². The number of rotatable bonds is 2. The highest BCUT2D eigenvalue weighted by Crippen LogP contribution is 2.32. The normalized spacial score (nSPS) is 11.3. The van der Waals surface area contributed by atoms with Crippen molar-refractivity contribution in [3.8, 4) is 10.7 Å². The number of nitrogens with zero attached hydrogens (tertiary/aromatic N) is 2. The van der Waals surface area contributed by atoms with Gasteiger partial charge >= 0.3 is 0 Å². The van der Waals surface area contributed by atoms with Gasteiger partial charge < -0.3 is 0 Å². The quantitative estimate of drug-likeness (QED) is 0.673. The van der Waals surface area contributed by atoms with E-state index < -0.39 is 0 Å². The number of hydrogen-bond donors (Lipinski definition) is 0. The maximum atomic E-state index is 4.51. The van der Waals surface area contributed by atoms with Crippen LogP contribution in [-0.2, 0) is 0 Å². The first-order valence-corrected chi connectivity index (χ1v) is 6.87. The van der Waals surface area contributed by atoms with Crippen LogP contribution >= 0.6 is 11.3 Å². The van der Waals surface area contributed by atoms with Crippen LogP contribution in [0.15, 0.2) is 42.7 Å². The summed E-state index contributed by atoms with van der Waals surface area (Å²) >= 11 is 1.74. The Hall–Kier alpha value is -1.74. The molecule has 2 nitrogen and oxygen atoms in total. The number of hydrogen-bond acceptors (Lipinski definition) is 3. The Kier molecular flexibility index (Phi) is 2.84. The summed E-state index contributed by atoms with van der Waals surface area (Å²) in [6.07, 6.45) is 3.82. The minimum atomic E-state index is 0.520. The molecule has 0 aliphatic carbocycles. The van der Waals surface area contributed by atoms with Gasteiger partial charge in [-0.25, -0.2) is 4.98 Å². The molecule has 3 heteroatoms. The molecule has 0 aliphatic heterocycles. The van der Waals surface area contributed by atoms with Crippen molar-refractivity contribution in [3.63, 3.8) is 0 Å². The third-order valence-electron chi connectivity index (χ3n) is 2.97. The zero-order valence-corrected chi connectivity index (χ0v) is 11.2. The van der Waals surface area contributed by atoms with E-state index in [0.29, 0.717) is 5.92 Å². The summed E-state index contributed by atoms with van der Waals surface area (Å²) in [4.78, 5) is 10.3. The summed E-state index contributed by atoms with van der Waals surface area (Å²) in [5.41, 5.74) is 0.991. The van der Waals surface area contributed by atoms with E-state index in [2.05, 4.69) is 35.9 Å². The second kappa shape index (κ2) is 4.50. The third-order valence-corrected chi connectivity index (χ3v) is 4.27. The highest BCUT2D eigenvalue weighted by molar-refractivity contribution is 7.15. The van der Waals surface area contributed by atoms with Crippen molar-refractivity contribution in [3.05, 3.63) is 47.6 Å². The molecule has 0 aliphatic rings. The Morgan fingerprint density at radius 2 is 1.89 bits per heavy atom. The molecule has 0 spiro atoms. The number of thiazole rings is 1. The van der Waals surface area contributed by atoms with Crippen LogP contribution in [0.4, 0.5) is 0 Å². The first kappa shape index (κ1) is 11.4. The van der Waals surface area contributed by atoms with Crippen LogP contribution in [0.2, 0.25) is 0 Å². The molecule has 0 unspecified atom stereocenters. The summed E-state index contributed by atoms with van der Waals surface area (Å²) in [5, 5.41) is 3.39. The second-order valence-electron chi connectivity index (χ2n) is 4.60. The summed E-state index contributed by atoms with van der Waals surface area (Å²) < 4.78 is 0. The zero-order valence-electron chi connectivity index (χ0n) is 10.4. The van der Waals surface area contributed by atoms with Crippen molar-refractivity contribution in [2.75, 3.05) is 0 Å². The maximum absolute atomic E-state index is 4.51. The largest absolute Gasteiger partial charge is 0.253 e. The van der Waals surface area contributed by atoms with Gasteiger partial charge in [0.2, 0.25) is 0 Å². The number of aromatic nitrogens is 2. The lowest BCUT2D eigenvalue weighted by Gasteiger charge is -2.02. The first-order valence-electron chi connectivity index (χ1n) is 6.05. The molecule has 2 heterocycles. The molecule has 3 rings (SSSR count). The standard InChI is InChI=1S/C15H14N2S/c1-10(2)13-9-17-15(18-13)14-12-6-4-3-5-11(12)7-8-16-14/h3-10H,1-2H3. The molecule has 0 amide bonds. The summed E-state index contributed by atoms with van der Waals surface area (Å²) in [5.74, 6) is 0.520. The minimum absolute atomic E-state index is 0.520. The average molecular weight is 254 g/mol. The lowest BCUT2D eigenvalue weighted by molar-refractivity contribution is 0.885. The van der Waals surface area contributed by atoms with Crippen molar-refractivity contribution < 1.29 is 0 Å². The molecule has 0 saturated heterocycles. The van der Waals surface area contributed by atoms with E-state index in [9.17, 15) is 0 Å². The molecule has 3 aromatic rings. The van der Waals surface area contributed by atoms with E-state index in [1.807, 2.05) is 30.6 Å². The van der Waals surface area contributed by atoms with Gasteiger partial charge in [0.15, 0.2) is 0 Å². The minimum Gasteiger partial charge on any atom is -0.253 e. The Morgan fingerprint density at radius 1 is 1.06 bits per heavy atom. The van der Waals surface area contributed by atoms with E-state index in [4.69, 9.17) is 0 Å². The summed E-state index contributed by atoms with van der Waals surface area (Å²) in [6, 6.07) is 10.3. The summed E-state index contributed by atoms with van der Waals surface area (Å²) in [6.45, 7) is 4.38. The van der Waals surface area contributed by atoms with Crippen LogP contribution in [0.25, 0.3) is 21.5 Å². The Balaban J connectivity index is 2.18. The van der Waals surface area contributed by atoms with Crippen LogP contribution in [0.3, 0.4) is 0 Å². The monoisotopic (exact) mass is 254 g/mol. The highest BCUT2D eigenvalue weighted by Gasteiger charge is 2.11. The van der Waals surface area contributed by atoms with Gasteiger partial charge in [-0.1, -0.05) is 38.1 Å². The van der Waals surface area contributed by atoms with Crippen LogP contribution in [0.1, 0.15) is 24.6 Å². The van der Waals surface area contributed by atoms with Crippen LogP contribution in [0, 0.1) is 0 Å². The molecule has 0 fully saturated rings. The zero-order chi connectivity index (χ0) is 12.5. The van der Waals surface area contributed by atoms with Gasteiger partial charge in [0.25, 0.3) is 0 Å². The Morgan fingerprint density at radius 3 is 2.67 bits per heavy atom. The number of pyridine rings is 1. The molecule has 0 radical (unpaired) electrons.